The summed E-state index contributed by atoms with van der Waals surface area (Å²) < 4.78 is 0. The van der Waals surface area contributed by atoms with Crippen LogP contribution in [0.15, 0.2) is 28.0 Å². The van der Waals surface area contributed by atoms with Gasteiger partial charge in [0, 0.05) is 15.9 Å². The molecule has 0 atom stereocenters. The summed E-state index contributed by atoms with van der Waals surface area (Å²) in [4.78, 5) is 2.52. The first-order valence-corrected chi connectivity index (χ1v) is 6.12. The third-order valence-electron chi connectivity index (χ3n) is 1.34. The van der Waals surface area contributed by atoms with Crippen LogP contribution < -0.4 is 0 Å². The summed E-state index contributed by atoms with van der Waals surface area (Å²) in [6, 6.07) is 9.71. The number of benzene rings is 1. The van der Waals surface area contributed by atoms with Crippen molar-refractivity contribution in [1.29, 1.82) is 0 Å². The van der Waals surface area contributed by atoms with E-state index in [0.717, 1.165) is 11.5 Å². The molecule has 1 radical (unpaired) electrons. The van der Waals surface area contributed by atoms with Crippen LogP contribution in [-0.2, 0) is 0 Å². The van der Waals surface area contributed by atoms with Gasteiger partial charge in [0.15, 0.2) is 0 Å². The molecule has 1 rings (SSSR count). The zero-order valence-electron chi connectivity index (χ0n) is 7.46. The molecule has 0 aliphatic heterocycles. The van der Waals surface area contributed by atoms with Crippen molar-refractivity contribution in [2.45, 2.75) is 23.6 Å². The Hall–Kier alpha value is -0.0800. The summed E-state index contributed by atoms with van der Waals surface area (Å²) in [6.45, 7) is 4.33. The summed E-state index contributed by atoms with van der Waals surface area (Å²) in [5, 5.41) is 0. The molecule has 0 saturated heterocycles. The van der Waals surface area contributed by atoms with Gasteiger partial charge in [-0.25, -0.2) is 0 Å². The summed E-state index contributed by atoms with van der Waals surface area (Å²) in [6.07, 6.45) is 0. The van der Waals surface area contributed by atoms with Gasteiger partial charge in [0.25, 0.3) is 0 Å². The van der Waals surface area contributed by atoms with Crippen molar-refractivity contribution in [2.75, 3.05) is 11.5 Å². The minimum Gasteiger partial charge on any atom is -0.126 e. The first kappa shape index (κ1) is 10.0. The Morgan fingerprint density at radius 1 is 1.08 bits per heavy atom. The molecule has 2 heteroatoms. The molecule has 1 aromatic rings. The lowest BCUT2D eigenvalue weighted by molar-refractivity contribution is 1.30. The molecule has 12 heavy (non-hydrogen) atoms. The normalized spacial score (nSPS) is 10.2. The van der Waals surface area contributed by atoms with Crippen molar-refractivity contribution in [1.82, 2.24) is 0 Å². The van der Waals surface area contributed by atoms with Crippen LogP contribution in [0.4, 0.5) is 0 Å². The molecule has 0 aliphatic rings. The van der Waals surface area contributed by atoms with Gasteiger partial charge in [-0.1, -0.05) is 19.9 Å². The standard InChI is InChI=1S/C10H13S2/c1-3-11-9-6-5-7-10(8-9)12-4-2/h5-7H,3-4H2,1-2H3. The second-order valence-corrected chi connectivity index (χ2v) is 4.86. The lowest BCUT2D eigenvalue weighted by Crippen LogP contribution is -1.76. The molecule has 1 aromatic carbocycles. The van der Waals surface area contributed by atoms with Crippen LogP contribution in [0.1, 0.15) is 13.8 Å². The van der Waals surface area contributed by atoms with Crippen LogP contribution in [0.3, 0.4) is 0 Å². The monoisotopic (exact) mass is 197 g/mol. The Morgan fingerprint density at radius 2 is 1.58 bits per heavy atom. The molecule has 0 saturated carbocycles. The van der Waals surface area contributed by atoms with Gasteiger partial charge >= 0.3 is 0 Å². The van der Waals surface area contributed by atoms with E-state index < -0.39 is 0 Å². The summed E-state index contributed by atoms with van der Waals surface area (Å²) in [7, 11) is 0. The Labute approximate surface area is 83.1 Å². The summed E-state index contributed by atoms with van der Waals surface area (Å²) >= 11 is 3.69. The highest BCUT2D eigenvalue weighted by Gasteiger charge is 1.95. The summed E-state index contributed by atoms with van der Waals surface area (Å²) in [5.41, 5.74) is 0. The fourth-order valence-electron chi connectivity index (χ4n) is 0.907. The highest BCUT2D eigenvalue weighted by molar-refractivity contribution is 8.00. The van der Waals surface area contributed by atoms with Crippen LogP contribution in [0.25, 0.3) is 0 Å². The Morgan fingerprint density at radius 3 is 2.00 bits per heavy atom. The average molecular weight is 197 g/mol. The van der Waals surface area contributed by atoms with Crippen LogP contribution >= 0.6 is 23.5 Å². The van der Waals surface area contributed by atoms with Gasteiger partial charge in [0.2, 0.25) is 0 Å². The largest absolute Gasteiger partial charge is 0.126 e. The van der Waals surface area contributed by atoms with Crippen molar-refractivity contribution >= 4 is 23.5 Å². The molecule has 0 fully saturated rings. The van der Waals surface area contributed by atoms with Gasteiger partial charge in [-0.2, -0.15) is 0 Å². The second-order valence-electron chi connectivity index (χ2n) is 2.25. The molecule has 0 aliphatic carbocycles. The SMILES string of the molecule is CCSc1[c]c(SCC)ccc1. The summed E-state index contributed by atoms with van der Waals surface area (Å²) in [5.74, 6) is 2.24. The van der Waals surface area contributed by atoms with E-state index in [0.29, 0.717) is 0 Å². The molecule has 65 valence electrons. The van der Waals surface area contributed by atoms with E-state index in [1.165, 1.54) is 9.79 Å². The smallest absolute Gasteiger partial charge is 0.0162 e. The van der Waals surface area contributed by atoms with Gasteiger partial charge in [-0.05, 0) is 23.6 Å². The highest BCUT2D eigenvalue weighted by atomic mass is 32.2. The van der Waals surface area contributed by atoms with E-state index in [2.05, 4.69) is 38.1 Å². The minimum absolute atomic E-state index is 1.12. The molecule has 0 unspecified atom stereocenters. The molecule has 0 nitrogen and oxygen atoms in total. The third kappa shape index (κ3) is 3.11. The van der Waals surface area contributed by atoms with Gasteiger partial charge in [0.05, 0.1) is 0 Å². The van der Waals surface area contributed by atoms with Crippen LogP contribution in [0, 0.1) is 6.07 Å². The Bertz CT molecular complexity index is 212. The van der Waals surface area contributed by atoms with Gasteiger partial charge in [-0.15, -0.1) is 23.5 Å². The quantitative estimate of drug-likeness (QED) is 0.675. The number of thioether (sulfide) groups is 2. The van der Waals surface area contributed by atoms with E-state index in [1.807, 2.05) is 23.5 Å². The van der Waals surface area contributed by atoms with Crippen molar-refractivity contribution in [2.24, 2.45) is 0 Å². The van der Waals surface area contributed by atoms with Gasteiger partial charge in [0.1, 0.15) is 0 Å². The zero-order valence-corrected chi connectivity index (χ0v) is 9.10. The molecular formula is C10H13S2. The fourth-order valence-corrected chi connectivity index (χ4v) is 2.31. The molecule has 0 spiro atoms. The fraction of sp³-hybridized carbons (Fsp3) is 0.400. The maximum atomic E-state index is 3.37. The number of hydrogen-bond acceptors (Lipinski definition) is 2. The van der Waals surface area contributed by atoms with Crippen molar-refractivity contribution in [3.63, 3.8) is 0 Å². The van der Waals surface area contributed by atoms with E-state index in [-0.39, 0.29) is 0 Å². The second kappa shape index (κ2) is 5.55. The maximum Gasteiger partial charge on any atom is 0.0162 e. The highest BCUT2D eigenvalue weighted by Crippen LogP contribution is 2.23. The van der Waals surface area contributed by atoms with Crippen LogP contribution in [0.5, 0.6) is 0 Å². The maximum absolute atomic E-state index is 3.37. The van der Waals surface area contributed by atoms with Crippen molar-refractivity contribution in [3.05, 3.63) is 24.3 Å². The molecule has 0 amide bonds. The van der Waals surface area contributed by atoms with E-state index in [9.17, 15) is 0 Å². The first-order chi connectivity index (χ1) is 5.86. The van der Waals surface area contributed by atoms with Crippen molar-refractivity contribution < 1.29 is 0 Å². The number of hydrogen-bond donors (Lipinski definition) is 0. The zero-order chi connectivity index (χ0) is 8.81. The molecule has 0 aromatic heterocycles. The van der Waals surface area contributed by atoms with Gasteiger partial charge < -0.3 is 0 Å². The molecule has 0 heterocycles. The van der Waals surface area contributed by atoms with Gasteiger partial charge in [-0.3, -0.25) is 0 Å². The first-order valence-electron chi connectivity index (χ1n) is 4.14. The minimum atomic E-state index is 1.12. The predicted molar refractivity (Wildman–Crippen MR) is 58.1 cm³/mol. The van der Waals surface area contributed by atoms with E-state index in [4.69, 9.17) is 0 Å². The molecule has 0 N–H and O–H groups in total. The molecule has 0 bridgehead atoms. The van der Waals surface area contributed by atoms with E-state index in [1.54, 1.807) is 0 Å². The predicted octanol–water partition coefficient (Wildman–Crippen LogP) is 3.71. The Balaban J connectivity index is 2.67. The topological polar surface area (TPSA) is 0 Å². The Kier molecular flexibility index (Phi) is 4.62. The van der Waals surface area contributed by atoms with Crippen LogP contribution in [0.2, 0.25) is 0 Å². The van der Waals surface area contributed by atoms with Crippen LogP contribution in [-0.4, -0.2) is 11.5 Å². The molecular weight excluding hydrogens is 184 g/mol. The lowest BCUT2D eigenvalue weighted by Gasteiger charge is -2.00. The third-order valence-corrected chi connectivity index (χ3v) is 3.02. The average Bonchev–Trinajstić information content (AvgIpc) is 2.06. The van der Waals surface area contributed by atoms with Crippen molar-refractivity contribution in [3.8, 4) is 0 Å². The lowest BCUT2D eigenvalue weighted by atomic mass is 10.4. The number of rotatable bonds is 4. The van der Waals surface area contributed by atoms with E-state index >= 15 is 0 Å².